The highest BCUT2D eigenvalue weighted by Gasteiger charge is 2.20. The SMILES string of the molecule is O=[N+]([O-])c1ccccc1C=Cc1ccccc1.OC1CCNC1O. The van der Waals surface area contributed by atoms with Crippen LogP contribution in [-0.2, 0) is 0 Å². The Labute approximate surface area is 140 Å². The number of rotatable bonds is 3. The Kier molecular flexibility index (Phi) is 6.62. The molecule has 0 aromatic heterocycles. The summed E-state index contributed by atoms with van der Waals surface area (Å²) < 4.78 is 0. The molecule has 0 saturated carbocycles. The van der Waals surface area contributed by atoms with Crippen LogP contribution in [0.25, 0.3) is 12.2 Å². The van der Waals surface area contributed by atoms with Crippen LogP contribution in [0.4, 0.5) is 5.69 Å². The van der Waals surface area contributed by atoms with Crippen molar-refractivity contribution in [2.45, 2.75) is 18.8 Å². The highest BCUT2D eigenvalue weighted by Crippen LogP contribution is 2.20. The Morgan fingerprint density at radius 1 is 1.04 bits per heavy atom. The van der Waals surface area contributed by atoms with E-state index in [1.807, 2.05) is 36.4 Å². The van der Waals surface area contributed by atoms with E-state index in [1.165, 1.54) is 6.07 Å². The molecule has 6 nitrogen and oxygen atoms in total. The smallest absolute Gasteiger partial charge is 0.276 e. The highest BCUT2D eigenvalue weighted by molar-refractivity contribution is 5.73. The summed E-state index contributed by atoms with van der Waals surface area (Å²) in [5.74, 6) is 0. The van der Waals surface area contributed by atoms with E-state index in [-0.39, 0.29) is 10.6 Å². The fraction of sp³-hybridized carbons (Fsp3) is 0.222. The zero-order valence-electron chi connectivity index (χ0n) is 13.1. The summed E-state index contributed by atoms with van der Waals surface area (Å²) in [6.07, 6.45) is 3.07. The lowest BCUT2D eigenvalue weighted by Gasteiger charge is -2.03. The molecule has 1 saturated heterocycles. The second-order valence-corrected chi connectivity index (χ2v) is 5.31. The summed E-state index contributed by atoms with van der Waals surface area (Å²) in [5, 5.41) is 30.8. The van der Waals surface area contributed by atoms with E-state index in [0.717, 1.165) is 12.1 Å². The normalized spacial score (nSPS) is 19.8. The zero-order chi connectivity index (χ0) is 17.4. The summed E-state index contributed by atoms with van der Waals surface area (Å²) in [5.41, 5.74) is 1.76. The van der Waals surface area contributed by atoms with Crippen molar-refractivity contribution in [3.63, 3.8) is 0 Å². The monoisotopic (exact) mass is 328 g/mol. The van der Waals surface area contributed by atoms with Gasteiger partial charge in [0.15, 0.2) is 0 Å². The van der Waals surface area contributed by atoms with Crippen molar-refractivity contribution >= 4 is 17.8 Å². The van der Waals surface area contributed by atoms with Crippen LogP contribution >= 0.6 is 0 Å². The first-order valence-corrected chi connectivity index (χ1v) is 7.64. The minimum atomic E-state index is -0.681. The molecule has 6 heteroatoms. The number of benzene rings is 2. The summed E-state index contributed by atoms with van der Waals surface area (Å²) in [6, 6.07) is 16.4. The molecule has 1 heterocycles. The predicted molar refractivity (Wildman–Crippen MR) is 93.1 cm³/mol. The molecule has 0 spiro atoms. The lowest BCUT2D eigenvalue weighted by Crippen LogP contribution is -2.28. The van der Waals surface area contributed by atoms with Gasteiger partial charge < -0.3 is 10.2 Å². The first kappa shape index (κ1) is 17.8. The average molecular weight is 328 g/mol. The number of nitrogens with zero attached hydrogens (tertiary/aromatic N) is 1. The molecule has 2 unspecified atom stereocenters. The van der Waals surface area contributed by atoms with Crippen molar-refractivity contribution < 1.29 is 15.1 Å². The Bertz CT molecular complexity index is 680. The Balaban J connectivity index is 0.000000249. The number of aliphatic hydroxyl groups excluding tert-OH is 2. The number of hydrogen-bond donors (Lipinski definition) is 3. The van der Waals surface area contributed by atoms with E-state index in [0.29, 0.717) is 12.0 Å². The molecule has 1 aliphatic rings. The van der Waals surface area contributed by atoms with E-state index in [9.17, 15) is 10.1 Å². The van der Waals surface area contributed by atoms with E-state index in [1.54, 1.807) is 24.3 Å². The second-order valence-electron chi connectivity index (χ2n) is 5.31. The molecule has 3 N–H and O–H groups in total. The van der Waals surface area contributed by atoms with Crippen LogP contribution < -0.4 is 5.32 Å². The van der Waals surface area contributed by atoms with Crippen LogP contribution in [-0.4, -0.2) is 34.0 Å². The molecule has 1 fully saturated rings. The van der Waals surface area contributed by atoms with Gasteiger partial charge in [0.1, 0.15) is 6.23 Å². The third-order valence-corrected chi connectivity index (χ3v) is 3.55. The fourth-order valence-electron chi connectivity index (χ4n) is 2.22. The minimum Gasteiger partial charge on any atom is -0.389 e. The lowest BCUT2D eigenvalue weighted by molar-refractivity contribution is -0.385. The number of nitro groups is 1. The lowest BCUT2D eigenvalue weighted by atomic mass is 10.1. The van der Waals surface area contributed by atoms with Crippen LogP contribution in [0.3, 0.4) is 0 Å². The molecule has 126 valence electrons. The molecule has 0 amide bonds. The summed E-state index contributed by atoms with van der Waals surface area (Å²) in [7, 11) is 0. The first-order valence-electron chi connectivity index (χ1n) is 7.64. The van der Waals surface area contributed by atoms with Gasteiger partial charge in [-0.3, -0.25) is 15.4 Å². The predicted octanol–water partition coefficient (Wildman–Crippen LogP) is 2.42. The molecule has 24 heavy (non-hydrogen) atoms. The van der Waals surface area contributed by atoms with Crippen LogP contribution in [0.5, 0.6) is 0 Å². The van der Waals surface area contributed by atoms with Gasteiger partial charge in [-0.2, -0.15) is 0 Å². The molecule has 0 aliphatic carbocycles. The molecular formula is C18H20N2O4. The van der Waals surface area contributed by atoms with Gasteiger partial charge in [-0.05, 0) is 24.1 Å². The molecule has 1 aliphatic heterocycles. The van der Waals surface area contributed by atoms with Gasteiger partial charge in [0.05, 0.1) is 16.6 Å². The Morgan fingerprint density at radius 2 is 1.71 bits per heavy atom. The van der Waals surface area contributed by atoms with Crippen LogP contribution in [0.2, 0.25) is 0 Å². The maximum Gasteiger partial charge on any atom is 0.276 e. The van der Waals surface area contributed by atoms with Crippen LogP contribution in [0.1, 0.15) is 17.5 Å². The molecule has 3 rings (SSSR count). The van der Waals surface area contributed by atoms with Crippen molar-refractivity contribution in [1.82, 2.24) is 5.32 Å². The van der Waals surface area contributed by atoms with Gasteiger partial charge in [-0.1, -0.05) is 48.5 Å². The second kappa shape index (κ2) is 8.93. The molecule has 2 aromatic rings. The number of aliphatic hydroxyl groups is 2. The van der Waals surface area contributed by atoms with Gasteiger partial charge >= 0.3 is 0 Å². The van der Waals surface area contributed by atoms with Crippen molar-refractivity contribution in [2.75, 3.05) is 6.54 Å². The van der Waals surface area contributed by atoms with Crippen molar-refractivity contribution in [2.24, 2.45) is 0 Å². The standard InChI is InChI=1S/C14H11NO2.C4H9NO2/c16-15(17)14-9-5-4-8-13(14)11-10-12-6-2-1-3-7-12;6-3-1-2-5-4(3)7/h1-11H;3-7H,1-2H2. The topological polar surface area (TPSA) is 95.6 Å². The largest absolute Gasteiger partial charge is 0.389 e. The quantitative estimate of drug-likeness (QED) is 0.457. The Morgan fingerprint density at radius 3 is 2.25 bits per heavy atom. The summed E-state index contributed by atoms with van der Waals surface area (Å²) in [6.45, 7) is 0.725. The van der Waals surface area contributed by atoms with Gasteiger partial charge in [-0.15, -0.1) is 0 Å². The van der Waals surface area contributed by atoms with Crippen LogP contribution in [0, 0.1) is 10.1 Å². The van der Waals surface area contributed by atoms with Gasteiger partial charge in [-0.25, -0.2) is 0 Å². The number of nitro benzene ring substituents is 1. The number of hydrogen-bond acceptors (Lipinski definition) is 5. The van der Waals surface area contributed by atoms with Crippen molar-refractivity contribution in [3.8, 4) is 0 Å². The fourth-order valence-corrected chi connectivity index (χ4v) is 2.22. The highest BCUT2D eigenvalue weighted by atomic mass is 16.6. The van der Waals surface area contributed by atoms with E-state index >= 15 is 0 Å². The zero-order valence-corrected chi connectivity index (χ0v) is 13.1. The molecule has 0 radical (unpaired) electrons. The Hall–Kier alpha value is -2.54. The molecule has 2 aromatic carbocycles. The maximum absolute atomic E-state index is 10.8. The maximum atomic E-state index is 10.8. The van der Waals surface area contributed by atoms with Gasteiger partial charge in [0.25, 0.3) is 5.69 Å². The molecule has 0 bridgehead atoms. The van der Waals surface area contributed by atoms with Gasteiger partial charge in [0, 0.05) is 12.6 Å². The summed E-state index contributed by atoms with van der Waals surface area (Å²) in [4.78, 5) is 10.4. The van der Waals surface area contributed by atoms with E-state index in [4.69, 9.17) is 10.2 Å². The van der Waals surface area contributed by atoms with Gasteiger partial charge in [0.2, 0.25) is 0 Å². The average Bonchev–Trinajstić information content (AvgIpc) is 2.98. The van der Waals surface area contributed by atoms with E-state index in [2.05, 4.69) is 5.32 Å². The molecular weight excluding hydrogens is 308 g/mol. The third-order valence-electron chi connectivity index (χ3n) is 3.55. The van der Waals surface area contributed by atoms with Crippen LogP contribution in [0.15, 0.2) is 54.6 Å². The number of nitrogens with one attached hydrogen (secondary N) is 1. The van der Waals surface area contributed by atoms with Crippen molar-refractivity contribution in [1.29, 1.82) is 0 Å². The van der Waals surface area contributed by atoms with E-state index < -0.39 is 12.3 Å². The molecule has 2 atom stereocenters. The first-order chi connectivity index (χ1) is 11.6. The minimum absolute atomic E-state index is 0.125. The third kappa shape index (κ3) is 5.27. The summed E-state index contributed by atoms with van der Waals surface area (Å²) >= 11 is 0. The number of para-hydroxylation sites is 1. The van der Waals surface area contributed by atoms with Crippen molar-refractivity contribution in [3.05, 3.63) is 75.8 Å².